The van der Waals surface area contributed by atoms with Gasteiger partial charge in [-0.15, -0.1) is 0 Å². The third kappa shape index (κ3) is 0.861. The predicted molar refractivity (Wildman–Crippen MR) is 32.5 cm³/mol. The van der Waals surface area contributed by atoms with Gasteiger partial charge in [-0.25, -0.2) is 0 Å². The molecule has 0 aromatic rings. The lowest BCUT2D eigenvalue weighted by Crippen LogP contribution is -2.05. The van der Waals surface area contributed by atoms with E-state index in [0.29, 0.717) is 0 Å². The molecule has 1 aliphatic carbocycles. The van der Waals surface area contributed by atoms with E-state index in [1.165, 1.54) is 0 Å². The van der Waals surface area contributed by atoms with Gasteiger partial charge in [-0.1, -0.05) is 25.2 Å². The van der Waals surface area contributed by atoms with Crippen molar-refractivity contribution in [3.05, 3.63) is 24.3 Å². The van der Waals surface area contributed by atoms with Crippen LogP contribution >= 0.6 is 0 Å². The minimum Gasteiger partial charge on any atom is -0.294 e. The van der Waals surface area contributed by atoms with Gasteiger partial charge in [0.05, 0.1) is 0 Å². The van der Waals surface area contributed by atoms with Crippen LogP contribution in [-0.2, 0) is 4.79 Å². The third-order valence-electron chi connectivity index (χ3n) is 1.22. The van der Waals surface area contributed by atoms with Crippen molar-refractivity contribution in [2.24, 2.45) is 5.92 Å². The summed E-state index contributed by atoms with van der Waals surface area (Å²) >= 11 is 0. The van der Waals surface area contributed by atoms with Gasteiger partial charge < -0.3 is 0 Å². The molecule has 0 saturated heterocycles. The van der Waals surface area contributed by atoms with Gasteiger partial charge in [0, 0.05) is 5.92 Å². The van der Waals surface area contributed by atoms with Crippen molar-refractivity contribution >= 4 is 5.78 Å². The van der Waals surface area contributed by atoms with Gasteiger partial charge in [0.25, 0.3) is 0 Å². The fraction of sp³-hybridized carbons (Fsp3) is 0.286. The second kappa shape index (κ2) is 1.95. The molecular formula is C7H8O. The quantitative estimate of drug-likeness (QED) is 0.457. The second-order valence-corrected chi connectivity index (χ2v) is 1.94. The summed E-state index contributed by atoms with van der Waals surface area (Å²) in [5.74, 6) is 0.299. The molecule has 0 bridgehead atoms. The number of ketones is 1. The number of hydrogen-bond donors (Lipinski definition) is 0. The van der Waals surface area contributed by atoms with Gasteiger partial charge in [-0.2, -0.15) is 0 Å². The molecule has 0 radical (unpaired) electrons. The van der Waals surface area contributed by atoms with Crippen LogP contribution in [-0.4, -0.2) is 5.78 Å². The van der Waals surface area contributed by atoms with Crippen molar-refractivity contribution in [2.45, 2.75) is 6.92 Å². The topological polar surface area (TPSA) is 17.1 Å². The Kier molecular flexibility index (Phi) is 1.29. The zero-order valence-electron chi connectivity index (χ0n) is 4.79. The lowest BCUT2D eigenvalue weighted by Gasteiger charge is -2.01. The summed E-state index contributed by atoms with van der Waals surface area (Å²) in [6.45, 7) is 1.89. The Hall–Kier alpha value is -0.850. The maximum Gasteiger partial charge on any atom is 0.162 e. The summed E-state index contributed by atoms with van der Waals surface area (Å²) in [4.78, 5) is 10.7. The minimum atomic E-state index is 0.0972. The van der Waals surface area contributed by atoms with Crippen LogP contribution in [0.3, 0.4) is 0 Å². The fourth-order valence-corrected chi connectivity index (χ4v) is 0.628. The molecule has 8 heavy (non-hydrogen) atoms. The first-order valence-corrected chi connectivity index (χ1v) is 2.69. The van der Waals surface area contributed by atoms with Crippen LogP contribution < -0.4 is 0 Å². The highest BCUT2D eigenvalue weighted by Gasteiger charge is 2.06. The molecule has 0 fully saturated rings. The first kappa shape index (κ1) is 5.29. The van der Waals surface area contributed by atoms with Crippen molar-refractivity contribution in [2.75, 3.05) is 0 Å². The van der Waals surface area contributed by atoms with E-state index in [-0.39, 0.29) is 11.7 Å². The molecule has 1 nitrogen and oxygen atoms in total. The van der Waals surface area contributed by atoms with Crippen molar-refractivity contribution in [3.63, 3.8) is 0 Å². The SMILES string of the molecule is CC1C=CC=CC1=O. The molecule has 1 heteroatoms. The first-order valence-electron chi connectivity index (χ1n) is 2.69. The molecule has 0 aromatic heterocycles. The number of carbonyl (C=O) groups is 1. The van der Waals surface area contributed by atoms with E-state index < -0.39 is 0 Å². The van der Waals surface area contributed by atoms with E-state index in [1.807, 2.05) is 19.1 Å². The van der Waals surface area contributed by atoms with Crippen LogP contribution in [0.1, 0.15) is 6.92 Å². The normalized spacial score (nSPS) is 26.6. The van der Waals surface area contributed by atoms with Crippen LogP contribution in [0, 0.1) is 5.92 Å². The van der Waals surface area contributed by atoms with E-state index in [2.05, 4.69) is 0 Å². The molecule has 1 rings (SSSR count). The highest BCUT2D eigenvalue weighted by Crippen LogP contribution is 2.04. The average Bonchev–Trinajstić information content (AvgIpc) is 1.77. The lowest BCUT2D eigenvalue weighted by molar-refractivity contribution is -0.116. The molecule has 0 aromatic carbocycles. The standard InChI is InChI=1S/C7H8O/c1-6-4-2-3-5-7(6)8/h2-6H,1H3. The Balaban J connectivity index is 2.74. The van der Waals surface area contributed by atoms with Crippen LogP contribution in [0.5, 0.6) is 0 Å². The second-order valence-electron chi connectivity index (χ2n) is 1.94. The number of hydrogen-bond acceptors (Lipinski definition) is 1. The van der Waals surface area contributed by atoms with E-state index in [0.717, 1.165) is 0 Å². The van der Waals surface area contributed by atoms with Gasteiger partial charge in [0.15, 0.2) is 5.78 Å². The average molecular weight is 108 g/mol. The van der Waals surface area contributed by atoms with E-state index >= 15 is 0 Å². The summed E-state index contributed by atoms with van der Waals surface area (Å²) < 4.78 is 0. The Morgan fingerprint density at radius 1 is 1.50 bits per heavy atom. The Bertz CT molecular complexity index is 154. The molecule has 1 unspecified atom stereocenters. The first-order chi connectivity index (χ1) is 3.80. The molecule has 1 aliphatic rings. The Morgan fingerprint density at radius 2 is 2.25 bits per heavy atom. The maximum absolute atomic E-state index is 10.7. The molecule has 0 saturated carbocycles. The molecular weight excluding hydrogens is 100 g/mol. The van der Waals surface area contributed by atoms with E-state index in [9.17, 15) is 4.79 Å². The third-order valence-corrected chi connectivity index (χ3v) is 1.22. The van der Waals surface area contributed by atoms with Gasteiger partial charge in [-0.05, 0) is 6.08 Å². The molecule has 1 atom stereocenters. The summed E-state index contributed by atoms with van der Waals surface area (Å²) in [7, 11) is 0. The summed E-state index contributed by atoms with van der Waals surface area (Å²) in [5, 5.41) is 0. The number of carbonyl (C=O) groups excluding carboxylic acids is 1. The summed E-state index contributed by atoms with van der Waals surface area (Å²) in [5.41, 5.74) is 0. The smallest absolute Gasteiger partial charge is 0.162 e. The predicted octanol–water partition coefficient (Wildman–Crippen LogP) is 1.32. The largest absolute Gasteiger partial charge is 0.294 e. The molecule has 0 amide bonds. The van der Waals surface area contributed by atoms with Gasteiger partial charge in [0.1, 0.15) is 0 Å². The van der Waals surface area contributed by atoms with Crippen LogP contribution in [0.2, 0.25) is 0 Å². The summed E-state index contributed by atoms with van der Waals surface area (Å²) in [6, 6.07) is 0. The zero-order chi connectivity index (χ0) is 5.98. The van der Waals surface area contributed by atoms with Crippen molar-refractivity contribution in [1.82, 2.24) is 0 Å². The lowest BCUT2D eigenvalue weighted by atomic mass is 10.0. The number of allylic oxidation sites excluding steroid dienone is 4. The zero-order valence-corrected chi connectivity index (χ0v) is 4.79. The Labute approximate surface area is 48.7 Å². The minimum absolute atomic E-state index is 0.0972. The fourth-order valence-electron chi connectivity index (χ4n) is 0.628. The molecule has 0 spiro atoms. The van der Waals surface area contributed by atoms with E-state index in [4.69, 9.17) is 0 Å². The number of rotatable bonds is 0. The van der Waals surface area contributed by atoms with Gasteiger partial charge >= 0.3 is 0 Å². The van der Waals surface area contributed by atoms with Crippen molar-refractivity contribution in [1.29, 1.82) is 0 Å². The Morgan fingerprint density at radius 3 is 2.62 bits per heavy atom. The van der Waals surface area contributed by atoms with Gasteiger partial charge in [-0.3, -0.25) is 4.79 Å². The van der Waals surface area contributed by atoms with Crippen molar-refractivity contribution in [3.8, 4) is 0 Å². The molecule has 0 aliphatic heterocycles. The van der Waals surface area contributed by atoms with Crippen LogP contribution in [0.4, 0.5) is 0 Å². The summed E-state index contributed by atoms with van der Waals surface area (Å²) in [6.07, 6.45) is 7.15. The maximum atomic E-state index is 10.7. The molecule has 42 valence electrons. The highest BCUT2D eigenvalue weighted by molar-refractivity contribution is 5.94. The van der Waals surface area contributed by atoms with Crippen LogP contribution in [0.25, 0.3) is 0 Å². The monoisotopic (exact) mass is 108 g/mol. The molecule has 0 heterocycles. The van der Waals surface area contributed by atoms with E-state index in [1.54, 1.807) is 12.2 Å². The highest BCUT2D eigenvalue weighted by atomic mass is 16.1. The van der Waals surface area contributed by atoms with Crippen molar-refractivity contribution < 1.29 is 4.79 Å². The van der Waals surface area contributed by atoms with Gasteiger partial charge in [0.2, 0.25) is 0 Å². The molecule has 0 N–H and O–H groups in total. The van der Waals surface area contributed by atoms with Crippen LogP contribution in [0.15, 0.2) is 24.3 Å².